The number of hydrogen-bond acceptors (Lipinski definition) is 4. The number of hydrogen-bond donors (Lipinski definition) is 0. The van der Waals surface area contributed by atoms with E-state index in [2.05, 4.69) is 9.73 Å². The molecule has 3 rings (SSSR count). The molecular formula is C18H14ClFN2O3S. The fourth-order valence-corrected chi connectivity index (χ4v) is 3.70. The molecule has 0 bridgehead atoms. The minimum atomic E-state index is -0.466. The quantitative estimate of drug-likeness (QED) is 0.634. The van der Waals surface area contributed by atoms with Crippen LogP contribution in [0.25, 0.3) is 10.2 Å². The highest BCUT2D eigenvalue weighted by molar-refractivity contribution is 7.16. The van der Waals surface area contributed by atoms with E-state index in [9.17, 15) is 14.0 Å². The molecule has 0 fully saturated rings. The summed E-state index contributed by atoms with van der Waals surface area (Å²) >= 11 is 7.09. The minimum Gasteiger partial charge on any atom is -0.469 e. The van der Waals surface area contributed by atoms with Gasteiger partial charge in [0.05, 0.1) is 23.7 Å². The second-order valence-corrected chi connectivity index (χ2v) is 6.85. The molecule has 0 aliphatic carbocycles. The molecule has 0 saturated carbocycles. The normalized spacial score (nSPS) is 11.7. The number of aryl methyl sites for hydroxylation is 1. The Morgan fingerprint density at radius 3 is 2.81 bits per heavy atom. The fraction of sp³-hybridized carbons (Fsp3) is 0.167. The van der Waals surface area contributed by atoms with Crippen LogP contribution in [0, 0.1) is 5.82 Å². The maximum absolute atomic E-state index is 13.5. The average molecular weight is 393 g/mol. The number of halogens is 2. The highest BCUT2D eigenvalue weighted by Crippen LogP contribution is 2.19. The molecule has 134 valence electrons. The molecule has 5 nitrogen and oxygen atoms in total. The van der Waals surface area contributed by atoms with E-state index in [1.165, 1.54) is 36.6 Å². The van der Waals surface area contributed by atoms with Crippen LogP contribution in [0.3, 0.4) is 0 Å². The predicted octanol–water partition coefficient (Wildman–Crippen LogP) is 3.80. The SMILES string of the molecule is COC(=O)CCn1c(=NC(=O)c2cccc(Cl)c2)sc2cc(F)ccc21. The number of fused-ring (bicyclic) bond motifs is 1. The highest BCUT2D eigenvalue weighted by Gasteiger charge is 2.12. The monoisotopic (exact) mass is 392 g/mol. The molecular weight excluding hydrogens is 379 g/mol. The summed E-state index contributed by atoms with van der Waals surface area (Å²) in [5.74, 6) is -1.23. The second kappa shape index (κ2) is 7.80. The summed E-state index contributed by atoms with van der Waals surface area (Å²) in [5, 5.41) is 0.433. The molecule has 0 saturated heterocycles. The lowest BCUT2D eigenvalue weighted by Crippen LogP contribution is -2.19. The lowest BCUT2D eigenvalue weighted by molar-refractivity contribution is -0.140. The lowest BCUT2D eigenvalue weighted by Gasteiger charge is -2.04. The van der Waals surface area contributed by atoms with Crippen LogP contribution in [0.5, 0.6) is 0 Å². The largest absolute Gasteiger partial charge is 0.469 e. The Bertz CT molecular complexity index is 1060. The van der Waals surface area contributed by atoms with Gasteiger partial charge in [-0.1, -0.05) is 29.0 Å². The number of nitrogens with zero attached hydrogens (tertiary/aromatic N) is 2. The van der Waals surface area contributed by atoms with E-state index < -0.39 is 5.91 Å². The van der Waals surface area contributed by atoms with Crippen LogP contribution < -0.4 is 4.80 Å². The smallest absolute Gasteiger partial charge is 0.307 e. The van der Waals surface area contributed by atoms with Crippen molar-refractivity contribution >= 4 is 45.0 Å². The van der Waals surface area contributed by atoms with Gasteiger partial charge in [0.25, 0.3) is 5.91 Å². The molecule has 0 unspecified atom stereocenters. The molecule has 1 aromatic heterocycles. The van der Waals surface area contributed by atoms with Crippen molar-refractivity contribution in [3.05, 3.63) is 63.7 Å². The van der Waals surface area contributed by atoms with E-state index in [0.717, 1.165) is 0 Å². The Hall–Kier alpha value is -2.51. The third-order valence-corrected chi connectivity index (χ3v) is 4.96. The van der Waals surface area contributed by atoms with Gasteiger partial charge in [-0.05, 0) is 36.4 Å². The van der Waals surface area contributed by atoms with E-state index in [1.54, 1.807) is 28.8 Å². The van der Waals surface area contributed by atoms with Crippen molar-refractivity contribution in [2.75, 3.05) is 7.11 Å². The van der Waals surface area contributed by atoms with Gasteiger partial charge >= 0.3 is 5.97 Å². The van der Waals surface area contributed by atoms with Crippen molar-refractivity contribution in [2.45, 2.75) is 13.0 Å². The number of amides is 1. The molecule has 0 N–H and O–H groups in total. The number of benzene rings is 2. The summed E-state index contributed by atoms with van der Waals surface area (Å²) in [6.45, 7) is 0.264. The number of aromatic nitrogens is 1. The van der Waals surface area contributed by atoms with Crippen LogP contribution in [-0.2, 0) is 16.1 Å². The zero-order valence-corrected chi connectivity index (χ0v) is 15.3. The molecule has 3 aromatic rings. The van der Waals surface area contributed by atoms with E-state index in [0.29, 0.717) is 25.6 Å². The summed E-state index contributed by atoms with van der Waals surface area (Å²) in [7, 11) is 1.31. The summed E-state index contributed by atoms with van der Waals surface area (Å²) < 4.78 is 20.5. The number of ether oxygens (including phenoxy) is 1. The third-order valence-electron chi connectivity index (χ3n) is 3.68. The number of rotatable bonds is 4. The maximum Gasteiger partial charge on any atom is 0.307 e. The summed E-state index contributed by atoms with van der Waals surface area (Å²) in [5.41, 5.74) is 1.04. The molecule has 8 heteroatoms. The standard InChI is InChI=1S/C18H14ClFN2O3S/c1-25-16(23)7-8-22-14-6-5-13(20)10-15(14)26-18(22)21-17(24)11-3-2-4-12(19)9-11/h2-6,9-10H,7-8H2,1H3. The van der Waals surface area contributed by atoms with Crippen molar-refractivity contribution in [1.82, 2.24) is 4.57 Å². The third kappa shape index (κ3) is 4.00. The van der Waals surface area contributed by atoms with Crippen molar-refractivity contribution in [3.63, 3.8) is 0 Å². The number of esters is 1. The van der Waals surface area contributed by atoms with Crippen LogP contribution in [0.2, 0.25) is 5.02 Å². The Balaban J connectivity index is 2.08. The molecule has 0 radical (unpaired) electrons. The summed E-state index contributed by atoms with van der Waals surface area (Å²) in [6.07, 6.45) is 0.109. The molecule has 0 spiro atoms. The van der Waals surface area contributed by atoms with Crippen LogP contribution in [0.15, 0.2) is 47.5 Å². The predicted molar refractivity (Wildman–Crippen MR) is 97.8 cm³/mol. The van der Waals surface area contributed by atoms with Gasteiger partial charge < -0.3 is 9.30 Å². The van der Waals surface area contributed by atoms with Gasteiger partial charge in [0.2, 0.25) is 0 Å². The van der Waals surface area contributed by atoms with Crippen LogP contribution in [-0.4, -0.2) is 23.6 Å². The molecule has 2 aromatic carbocycles. The molecule has 0 atom stereocenters. The van der Waals surface area contributed by atoms with Gasteiger partial charge in [-0.3, -0.25) is 9.59 Å². The summed E-state index contributed by atoms with van der Waals surface area (Å²) in [4.78, 5) is 28.5. The number of thiazole rings is 1. The first-order valence-electron chi connectivity index (χ1n) is 7.68. The summed E-state index contributed by atoms with van der Waals surface area (Å²) in [6, 6.07) is 10.8. The molecule has 0 aliphatic rings. The van der Waals surface area contributed by atoms with Gasteiger partial charge in [-0.15, -0.1) is 0 Å². The van der Waals surface area contributed by atoms with Gasteiger partial charge in [-0.25, -0.2) is 4.39 Å². The Kier molecular flexibility index (Phi) is 5.49. The molecule has 1 amide bonds. The van der Waals surface area contributed by atoms with Gasteiger partial charge in [0.15, 0.2) is 4.80 Å². The molecule has 0 aliphatic heterocycles. The van der Waals surface area contributed by atoms with Crippen LogP contribution >= 0.6 is 22.9 Å². The van der Waals surface area contributed by atoms with Crippen molar-refractivity contribution in [1.29, 1.82) is 0 Å². The number of carbonyl (C=O) groups is 2. The maximum atomic E-state index is 13.5. The van der Waals surface area contributed by atoms with E-state index in [-0.39, 0.29) is 24.8 Å². The first kappa shape index (κ1) is 18.3. The first-order valence-corrected chi connectivity index (χ1v) is 8.87. The van der Waals surface area contributed by atoms with Crippen molar-refractivity contribution in [3.8, 4) is 0 Å². The van der Waals surface area contributed by atoms with Gasteiger partial charge in [0.1, 0.15) is 5.82 Å². The zero-order chi connectivity index (χ0) is 18.7. The van der Waals surface area contributed by atoms with E-state index >= 15 is 0 Å². The minimum absolute atomic E-state index is 0.109. The Morgan fingerprint density at radius 1 is 1.27 bits per heavy atom. The zero-order valence-electron chi connectivity index (χ0n) is 13.7. The fourth-order valence-electron chi connectivity index (χ4n) is 2.43. The average Bonchev–Trinajstić information content (AvgIpc) is 2.95. The first-order chi connectivity index (χ1) is 12.5. The Morgan fingerprint density at radius 2 is 2.08 bits per heavy atom. The van der Waals surface area contributed by atoms with E-state index in [4.69, 9.17) is 11.6 Å². The topological polar surface area (TPSA) is 60.7 Å². The number of carbonyl (C=O) groups excluding carboxylic acids is 2. The van der Waals surface area contributed by atoms with Crippen LogP contribution in [0.4, 0.5) is 4.39 Å². The molecule has 26 heavy (non-hydrogen) atoms. The van der Waals surface area contributed by atoms with Gasteiger partial charge in [0, 0.05) is 17.1 Å². The van der Waals surface area contributed by atoms with Crippen LogP contribution in [0.1, 0.15) is 16.8 Å². The Labute approximate surface area is 157 Å². The number of methoxy groups -OCH3 is 1. The molecule has 1 heterocycles. The second-order valence-electron chi connectivity index (χ2n) is 5.40. The van der Waals surface area contributed by atoms with Gasteiger partial charge in [-0.2, -0.15) is 4.99 Å². The highest BCUT2D eigenvalue weighted by atomic mass is 35.5. The van der Waals surface area contributed by atoms with Crippen molar-refractivity contribution < 1.29 is 18.7 Å². The lowest BCUT2D eigenvalue weighted by atomic mass is 10.2. The van der Waals surface area contributed by atoms with Crippen molar-refractivity contribution in [2.24, 2.45) is 4.99 Å². The van der Waals surface area contributed by atoms with E-state index in [1.807, 2.05) is 0 Å².